The summed E-state index contributed by atoms with van der Waals surface area (Å²) in [7, 11) is 0. The standard InChI is InChI=1S/C14H12ClN3O3/c15-10-1-3-11(4-2-10)20-8-13-17-14(21-18-13)9-5-12(6-16)19-7-9/h1-5,7H,6,8,16H2. The smallest absolute Gasteiger partial charge is 0.261 e. The van der Waals surface area contributed by atoms with Crippen molar-refractivity contribution in [2.45, 2.75) is 13.2 Å². The lowest BCUT2D eigenvalue weighted by molar-refractivity contribution is 0.287. The first kappa shape index (κ1) is 13.7. The van der Waals surface area contributed by atoms with E-state index in [1.807, 2.05) is 0 Å². The van der Waals surface area contributed by atoms with Crippen LogP contribution in [-0.4, -0.2) is 10.1 Å². The lowest BCUT2D eigenvalue weighted by Gasteiger charge is -2.02. The maximum atomic E-state index is 5.80. The maximum Gasteiger partial charge on any atom is 0.261 e. The van der Waals surface area contributed by atoms with E-state index in [-0.39, 0.29) is 6.61 Å². The van der Waals surface area contributed by atoms with Gasteiger partial charge in [0, 0.05) is 5.02 Å². The molecule has 7 heteroatoms. The van der Waals surface area contributed by atoms with Crippen molar-refractivity contribution in [2.75, 3.05) is 0 Å². The molecule has 0 aliphatic rings. The lowest BCUT2D eigenvalue weighted by Crippen LogP contribution is -1.97. The monoisotopic (exact) mass is 305 g/mol. The third kappa shape index (κ3) is 3.24. The second kappa shape index (κ2) is 5.99. The van der Waals surface area contributed by atoms with Gasteiger partial charge >= 0.3 is 0 Å². The molecule has 2 heterocycles. The van der Waals surface area contributed by atoms with Gasteiger partial charge in [0.25, 0.3) is 5.89 Å². The van der Waals surface area contributed by atoms with E-state index >= 15 is 0 Å². The van der Waals surface area contributed by atoms with E-state index < -0.39 is 0 Å². The molecule has 0 fully saturated rings. The van der Waals surface area contributed by atoms with Crippen LogP contribution < -0.4 is 10.5 Å². The molecule has 2 N–H and O–H groups in total. The Hall–Kier alpha value is -2.31. The first-order valence-electron chi connectivity index (χ1n) is 6.23. The minimum atomic E-state index is 0.201. The minimum Gasteiger partial charge on any atom is -0.485 e. The number of rotatable bonds is 5. The van der Waals surface area contributed by atoms with Crippen molar-refractivity contribution in [2.24, 2.45) is 5.73 Å². The SMILES string of the molecule is NCc1cc(-c2nc(COc3ccc(Cl)cc3)no2)co1. The van der Waals surface area contributed by atoms with Gasteiger partial charge in [-0.15, -0.1) is 0 Å². The molecule has 0 radical (unpaired) electrons. The number of nitrogens with zero attached hydrogens (tertiary/aromatic N) is 2. The van der Waals surface area contributed by atoms with Crippen molar-refractivity contribution >= 4 is 11.6 Å². The molecule has 0 bridgehead atoms. The van der Waals surface area contributed by atoms with Gasteiger partial charge in [0.1, 0.15) is 17.8 Å². The van der Waals surface area contributed by atoms with Gasteiger partial charge in [-0.25, -0.2) is 0 Å². The second-order valence-electron chi connectivity index (χ2n) is 4.26. The average molecular weight is 306 g/mol. The first-order chi connectivity index (χ1) is 10.2. The van der Waals surface area contributed by atoms with Gasteiger partial charge in [-0.05, 0) is 30.3 Å². The number of ether oxygens (including phenoxy) is 1. The Morgan fingerprint density at radius 3 is 2.76 bits per heavy atom. The number of aromatic nitrogens is 2. The summed E-state index contributed by atoms with van der Waals surface area (Å²) in [6.07, 6.45) is 1.53. The maximum absolute atomic E-state index is 5.80. The largest absolute Gasteiger partial charge is 0.485 e. The fourth-order valence-corrected chi connectivity index (χ4v) is 1.83. The summed E-state index contributed by atoms with van der Waals surface area (Å²) in [6.45, 7) is 0.521. The van der Waals surface area contributed by atoms with Crippen LogP contribution in [0, 0.1) is 0 Å². The fourth-order valence-electron chi connectivity index (χ4n) is 1.71. The molecule has 0 aliphatic heterocycles. The average Bonchev–Trinajstić information content (AvgIpc) is 3.15. The van der Waals surface area contributed by atoms with Crippen LogP contribution in [0.2, 0.25) is 5.02 Å². The summed E-state index contributed by atoms with van der Waals surface area (Å²) >= 11 is 5.80. The van der Waals surface area contributed by atoms with Gasteiger partial charge in [0.05, 0.1) is 12.1 Å². The third-order valence-electron chi connectivity index (χ3n) is 2.75. The van der Waals surface area contributed by atoms with Crippen LogP contribution in [0.4, 0.5) is 0 Å². The molecule has 21 heavy (non-hydrogen) atoms. The van der Waals surface area contributed by atoms with Crippen LogP contribution in [0.3, 0.4) is 0 Å². The third-order valence-corrected chi connectivity index (χ3v) is 3.00. The zero-order valence-electron chi connectivity index (χ0n) is 11.0. The Bertz CT molecular complexity index is 721. The highest BCUT2D eigenvalue weighted by Gasteiger charge is 2.12. The first-order valence-corrected chi connectivity index (χ1v) is 6.61. The van der Waals surface area contributed by atoms with Crippen molar-refractivity contribution in [3.8, 4) is 17.2 Å². The highest BCUT2D eigenvalue weighted by atomic mass is 35.5. The van der Waals surface area contributed by atoms with Crippen LogP contribution in [0.25, 0.3) is 11.5 Å². The quantitative estimate of drug-likeness (QED) is 0.779. The van der Waals surface area contributed by atoms with Crippen LogP contribution in [0.15, 0.2) is 45.5 Å². The Kier molecular flexibility index (Phi) is 3.89. The van der Waals surface area contributed by atoms with E-state index in [0.29, 0.717) is 40.4 Å². The molecule has 6 nitrogen and oxygen atoms in total. The summed E-state index contributed by atoms with van der Waals surface area (Å²) in [4.78, 5) is 4.23. The lowest BCUT2D eigenvalue weighted by atomic mass is 10.3. The molecule has 0 saturated heterocycles. The van der Waals surface area contributed by atoms with Crippen molar-refractivity contribution in [1.29, 1.82) is 0 Å². The zero-order chi connectivity index (χ0) is 14.7. The van der Waals surface area contributed by atoms with Gasteiger partial charge in [0.2, 0.25) is 5.82 Å². The van der Waals surface area contributed by atoms with E-state index in [2.05, 4.69) is 10.1 Å². The zero-order valence-corrected chi connectivity index (χ0v) is 11.7. The Balaban J connectivity index is 1.66. The van der Waals surface area contributed by atoms with Crippen molar-refractivity contribution < 1.29 is 13.7 Å². The predicted molar refractivity (Wildman–Crippen MR) is 75.7 cm³/mol. The number of hydrogen-bond donors (Lipinski definition) is 1. The molecule has 0 spiro atoms. The van der Waals surface area contributed by atoms with Gasteiger partial charge in [-0.2, -0.15) is 4.98 Å². The topological polar surface area (TPSA) is 87.3 Å². The summed E-state index contributed by atoms with van der Waals surface area (Å²) in [5.74, 6) is 2.14. The summed E-state index contributed by atoms with van der Waals surface area (Å²) in [5, 5.41) is 4.50. The molecular weight excluding hydrogens is 294 g/mol. The molecule has 0 saturated carbocycles. The molecule has 1 aromatic carbocycles. The Morgan fingerprint density at radius 2 is 2.05 bits per heavy atom. The predicted octanol–water partition coefficient (Wildman–Crippen LogP) is 3.02. The van der Waals surface area contributed by atoms with Gasteiger partial charge < -0.3 is 19.4 Å². The number of benzene rings is 1. The van der Waals surface area contributed by atoms with Gasteiger partial charge in [0.15, 0.2) is 6.61 Å². The van der Waals surface area contributed by atoms with Crippen molar-refractivity contribution in [3.63, 3.8) is 0 Å². The normalized spacial score (nSPS) is 10.8. The molecule has 3 rings (SSSR count). The van der Waals surface area contributed by atoms with E-state index in [9.17, 15) is 0 Å². The number of halogens is 1. The van der Waals surface area contributed by atoms with Crippen LogP contribution in [0.1, 0.15) is 11.6 Å². The molecule has 2 aromatic heterocycles. The Labute approximate surface area is 125 Å². The summed E-state index contributed by atoms with van der Waals surface area (Å²) in [6, 6.07) is 8.80. The summed E-state index contributed by atoms with van der Waals surface area (Å²) in [5.41, 5.74) is 6.17. The van der Waals surface area contributed by atoms with Gasteiger partial charge in [-0.1, -0.05) is 16.8 Å². The molecule has 0 atom stereocenters. The second-order valence-corrected chi connectivity index (χ2v) is 4.70. The van der Waals surface area contributed by atoms with Crippen molar-refractivity contribution in [3.05, 3.63) is 53.2 Å². The number of hydrogen-bond acceptors (Lipinski definition) is 6. The number of nitrogens with two attached hydrogens (primary N) is 1. The molecular formula is C14H12ClN3O3. The highest BCUT2D eigenvalue weighted by molar-refractivity contribution is 6.30. The van der Waals surface area contributed by atoms with E-state index in [1.165, 1.54) is 6.26 Å². The molecule has 0 unspecified atom stereocenters. The molecule has 0 aliphatic carbocycles. The summed E-state index contributed by atoms with van der Waals surface area (Å²) < 4.78 is 15.9. The van der Waals surface area contributed by atoms with Crippen LogP contribution in [0.5, 0.6) is 5.75 Å². The van der Waals surface area contributed by atoms with Crippen LogP contribution >= 0.6 is 11.6 Å². The van der Waals surface area contributed by atoms with Crippen molar-refractivity contribution in [1.82, 2.24) is 10.1 Å². The fraction of sp³-hybridized carbons (Fsp3) is 0.143. The van der Waals surface area contributed by atoms with Crippen LogP contribution in [-0.2, 0) is 13.2 Å². The van der Waals surface area contributed by atoms with Gasteiger partial charge in [-0.3, -0.25) is 0 Å². The molecule has 0 amide bonds. The minimum absolute atomic E-state index is 0.201. The Morgan fingerprint density at radius 1 is 1.24 bits per heavy atom. The van der Waals surface area contributed by atoms with E-state index in [4.69, 9.17) is 31.0 Å². The molecule has 108 valence electrons. The number of furan rings is 1. The van der Waals surface area contributed by atoms with E-state index in [1.54, 1.807) is 30.3 Å². The molecule has 3 aromatic rings. The highest BCUT2D eigenvalue weighted by Crippen LogP contribution is 2.21. The van der Waals surface area contributed by atoms with E-state index in [0.717, 1.165) is 0 Å².